The average Bonchev–Trinajstić information content (AvgIpc) is 2.85. The summed E-state index contributed by atoms with van der Waals surface area (Å²) < 4.78 is 10.1. The Kier molecular flexibility index (Phi) is 10.5. The van der Waals surface area contributed by atoms with Crippen molar-refractivity contribution in [2.45, 2.75) is 26.5 Å². The summed E-state index contributed by atoms with van der Waals surface area (Å²) in [5.41, 5.74) is 1.82. The van der Waals surface area contributed by atoms with E-state index in [1.165, 1.54) is 11.8 Å². The summed E-state index contributed by atoms with van der Waals surface area (Å²) in [6.07, 6.45) is 0. The number of carbonyl (C=O) groups is 2. The first kappa shape index (κ1) is 22.5. The first-order valence-corrected chi connectivity index (χ1v) is 8.31. The predicted octanol–water partition coefficient (Wildman–Crippen LogP) is 2.69. The van der Waals surface area contributed by atoms with Gasteiger partial charge in [0.25, 0.3) is 0 Å². The van der Waals surface area contributed by atoms with E-state index in [1.54, 1.807) is 34.9 Å². The van der Waals surface area contributed by atoms with Gasteiger partial charge in [0.15, 0.2) is 5.17 Å². The molecule has 1 aromatic rings. The SMILES string of the molecule is Br.CCOC(=O)c1[nH]c(CSC(=NC)NC)c(C(=O)OCC)c1C. The van der Waals surface area contributed by atoms with E-state index in [0.29, 0.717) is 22.6 Å². The predicted molar refractivity (Wildman–Crippen MR) is 101 cm³/mol. The summed E-state index contributed by atoms with van der Waals surface area (Å²) >= 11 is 1.42. The monoisotopic (exact) mass is 421 g/mol. The molecule has 0 radical (unpaired) electrons. The van der Waals surface area contributed by atoms with Crippen molar-refractivity contribution in [3.63, 3.8) is 0 Å². The Bertz CT molecular complexity index is 602. The number of nitrogens with zero attached hydrogens (tertiary/aromatic N) is 1. The van der Waals surface area contributed by atoms with Gasteiger partial charge in [0.05, 0.1) is 18.8 Å². The second-order valence-electron chi connectivity index (χ2n) is 4.49. The van der Waals surface area contributed by atoms with Crippen molar-refractivity contribution in [3.8, 4) is 0 Å². The van der Waals surface area contributed by atoms with Crippen molar-refractivity contribution >= 4 is 45.8 Å². The summed E-state index contributed by atoms with van der Waals surface area (Å²) in [7, 11) is 3.45. The van der Waals surface area contributed by atoms with Crippen molar-refractivity contribution in [1.29, 1.82) is 0 Å². The van der Waals surface area contributed by atoms with Gasteiger partial charge >= 0.3 is 11.9 Å². The summed E-state index contributed by atoms with van der Waals surface area (Å²) in [6, 6.07) is 0. The lowest BCUT2D eigenvalue weighted by Crippen LogP contribution is -2.15. The molecule has 0 atom stereocenters. The van der Waals surface area contributed by atoms with Gasteiger partial charge in [-0.3, -0.25) is 4.99 Å². The van der Waals surface area contributed by atoms with Gasteiger partial charge in [-0.2, -0.15) is 0 Å². The number of aromatic nitrogens is 1. The molecule has 0 aliphatic heterocycles. The zero-order valence-corrected chi connectivity index (χ0v) is 17.0. The van der Waals surface area contributed by atoms with Gasteiger partial charge in [0.2, 0.25) is 0 Å². The number of aliphatic imine (C=N–C) groups is 1. The number of nitrogens with one attached hydrogen (secondary N) is 2. The Morgan fingerprint density at radius 1 is 1.21 bits per heavy atom. The third-order valence-corrected chi connectivity index (χ3v) is 4.15. The Labute approximate surface area is 156 Å². The van der Waals surface area contributed by atoms with Gasteiger partial charge in [-0.1, -0.05) is 11.8 Å². The third-order valence-electron chi connectivity index (χ3n) is 3.06. The molecular formula is C15H24BrN3O4S. The molecule has 0 fully saturated rings. The molecule has 0 bridgehead atoms. The molecule has 0 aromatic carbocycles. The molecule has 1 aromatic heterocycles. The van der Waals surface area contributed by atoms with Crippen LogP contribution in [0.4, 0.5) is 0 Å². The molecule has 9 heteroatoms. The van der Waals surface area contributed by atoms with Crippen LogP contribution in [0, 0.1) is 6.92 Å². The van der Waals surface area contributed by atoms with Crippen molar-refractivity contribution in [2.75, 3.05) is 27.3 Å². The minimum Gasteiger partial charge on any atom is -0.462 e. The second-order valence-corrected chi connectivity index (χ2v) is 5.45. The smallest absolute Gasteiger partial charge is 0.355 e. The Morgan fingerprint density at radius 2 is 1.79 bits per heavy atom. The van der Waals surface area contributed by atoms with Gasteiger partial charge in [-0.25, -0.2) is 9.59 Å². The molecule has 0 amide bonds. The fourth-order valence-electron chi connectivity index (χ4n) is 2.04. The maximum atomic E-state index is 12.2. The van der Waals surface area contributed by atoms with Crippen molar-refractivity contribution in [2.24, 2.45) is 4.99 Å². The number of esters is 2. The molecule has 0 spiro atoms. The lowest BCUT2D eigenvalue weighted by molar-refractivity contribution is 0.0518. The summed E-state index contributed by atoms with van der Waals surface area (Å²) in [4.78, 5) is 31.3. The number of ether oxygens (including phenoxy) is 2. The van der Waals surface area contributed by atoms with Crippen LogP contribution in [-0.4, -0.2) is 49.4 Å². The number of carbonyl (C=O) groups excluding carboxylic acids is 2. The first-order chi connectivity index (χ1) is 11.0. The van der Waals surface area contributed by atoms with E-state index in [9.17, 15) is 9.59 Å². The van der Waals surface area contributed by atoms with E-state index in [2.05, 4.69) is 15.3 Å². The summed E-state index contributed by atoms with van der Waals surface area (Å²) in [5, 5.41) is 3.68. The molecule has 136 valence electrons. The van der Waals surface area contributed by atoms with Crippen LogP contribution in [0.2, 0.25) is 0 Å². The summed E-state index contributed by atoms with van der Waals surface area (Å²) in [6.45, 7) is 5.71. The molecular weight excluding hydrogens is 398 g/mol. The van der Waals surface area contributed by atoms with Crippen molar-refractivity contribution < 1.29 is 19.1 Å². The number of halogens is 1. The van der Waals surface area contributed by atoms with Crippen LogP contribution in [-0.2, 0) is 15.2 Å². The maximum absolute atomic E-state index is 12.2. The highest BCUT2D eigenvalue weighted by atomic mass is 79.9. The Balaban J connectivity index is 0.00000529. The van der Waals surface area contributed by atoms with E-state index >= 15 is 0 Å². The Morgan fingerprint density at radius 3 is 2.29 bits per heavy atom. The number of amidine groups is 1. The largest absolute Gasteiger partial charge is 0.462 e. The molecule has 7 nitrogen and oxygen atoms in total. The van der Waals surface area contributed by atoms with Crippen LogP contribution in [0.5, 0.6) is 0 Å². The van der Waals surface area contributed by atoms with Gasteiger partial charge in [0.1, 0.15) is 5.69 Å². The van der Waals surface area contributed by atoms with E-state index in [4.69, 9.17) is 9.47 Å². The minimum absolute atomic E-state index is 0. The molecule has 0 saturated carbocycles. The standard InChI is InChI=1S/C15H23N3O4S.BrH/c1-6-21-13(19)11-9(3)12(14(20)22-7-2)18-10(11)8-23-15(16-4)17-5;/h18H,6-8H2,1-5H3,(H,16,17);1H. The lowest BCUT2D eigenvalue weighted by atomic mass is 10.1. The van der Waals surface area contributed by atoms with Crippen LogP contribution in [0.25, 0.3) is 0 Å². The van der Waals surface area contributed by atoms with Gasteiger partial charge in [-0.15, -0.1) is 17.0 Å². The maximum Gasteiger partial charge on any atom is 0.355 e. The molecule has 0 aliphatic rings. The van der Waals surface area contributed by atoms with Crippen LogP contribution in [0.1, 0.15) is 46.0 Å². The molecule has 0 saturated heterocycles. The lowest BCUT2D eigenvalue weighted by Gasteiger charge is -2.06. The number of rotatable bonds is 6. The highest BCUT2D eigenvalue weighted by molar-refractivity contribution is 8.93. The first-order valence-electron chi connectivity index (χ1n) is 7.33. The zero-order chi connectivity index (χ0) is 17.4. The van der Waals surface area contributed by atoms with Gasteiger partial charge in [-0.05, 0) is 26.3 Å². The average molecular weight is 422 g/mol. The van der Waals surface area contributed by atoms with E-state index in [0.717, 1.165) is 5.17 Å². The molecule has 1 heterocycles. The quantitative estimate of drug-likeness (QED) is 0.416. The topological polar surface area (TPSA) is 92.8 Å². The normalized spacial score (nSPS) is 10.8. The van der Waals surface area contributed by atoms with Crippen LogP contribution < -0.4 is 5.32 Å². The summed E-state index contributed by atoms with van der Waals surface area (Å²) in [5.74, 6) is -0.487. The highest BCUT2D eigenvalue weighted by Crippen LogP contribution is 2.24. The highest BCUT2D eigenvalue weighted by Gasteiger charge is 2.25. The fraction of sp³-hybridized carbons (Fsp3) is 0.533. The fourth-order valence-corrected chi connectivity index (χ4v) is 2.81. The zero-order valence-electron chi connectivity index (χ0n) is 14.5. The van der Waals surface area contributed by atoms with E-state index in [1.807, 2.05) is 0 Å². The van der Waals surface area contributed by atoms with E-state index in [-0.39, 0.29) is 35.9 Å². The van der Waals surface area contributed by atoms with E-state index < -0.39 is 11.9 Å². The molecule has 2 N–H and O–H groups in total. The van der Waals surface area contributed by atoms with Crippen LogP contribution in [0.3, 0.4) is 0 Å². The van der Waals surface area contributed by atoms with Crippen LogP contribution in [0.15, 0.2) is 4.99 Å². The van der Waals surface area contributed by atoms with Crippen LogP contribution >= 0.6 is 28.7 Å². The minimum atomic E-state index is -0.482. The number of hydrogen-bond acceptors (Lipinski definition) is 6. The van der Waals surface area contributed by atoms with Gasteiger partial charge in [0, 0.05) is 25.5 Å². The number of aromatic amines is 1. The second kappa shape index (κ2) is 11.1. The number of thioether (sulfide) groups is 1. The van der Waals surface area contributed by atoms with Crippen molar-refractivity contribution in [1.82, 2.24) is 10.3 Å². The van der Waals surface area contributed by atoms with Gasteiger partial charge < -0.3 is 19.8 Å². The van der Waals surface area contributed by atoms with Crippen molar-refractivity contribution in [3.05, 3.63) is 22.5 Å². The molecule has 0 aliphatic carbocycles. The number of hydrogen-bond donors (Lipinski definition) is 2. The molecule has 1 rings (SSSR count). The Hall–Kier alpha value is -1.48. The number of H-pyrrole nitrogens is 1. The third kappa shape index (κ3) is 5.55. The molecule has 24 heavy (non-hydrogen) atoms. The molecule has 0 unspecified atom stereocenters.